The number of aliphatic hydroxyl groups excluding tert-OH is 1. The zero-order chi connectivity index (χ0) is 32.5. The van der Waals surface area contributed by atoms with Crippen LogP contribution in [0.15, 0.2) is 36.6 Å². The standard InChI is InChI=1S/C22H40O4.C12H24O.C2H6/c1-8-19(14-11-17-25-7)20(23)26-22(5,6)16-10-13-18(2)12-9-15-21(3,4)24;1-5-6-9-12(3,4)10-7-8-11(2)13;1-2/h8,11,14,17-18,20,23-24H,1,9-10,12-13,15-16H2,2-7H3;5-10H2,1-4H3;1-2H3/b17-11+,19-14+;;/t18-,20?;;/m0../s1. The van der Waals surface area contributed by atoms with Gasteiger partial charge in [0.25, 0.3) is 0 Å². The van der Waals surface area contributed by atoms with Crippen molar-refractivity contribution in [3.63, 3.8) is 0 Å². The Labute approximate surface area is 255 Å². The summed E-state index contributed by atoms with van der Waals surface area (Å²) in [4.78, 5) is 10.7. The summed E-state index contributed by atoms with van der Waals surface area (Å²) in [6, 6.07) is 0. The number of hydrogen-bond donors (Lipinski definition) is 2. The Morgan fingerprint density at radius 2 is 1.46 bits per heavy atom. The van der Waals surface area contributed by atoms with Gasteiger partial charge in [0.2, 0.25) is 0 Å². The molecule has 0 aromatic rings. The lowest BCUT2D eigenvalue weighted by molar-refractivity contribution is -0.153. The van der Waals surface area contributed by atoms with E-state index in [0.29, 0.717) is 22.7 Å². The maximum atomic E-state index is 10.7. The first kappa shape index (κ1) is 44.0. The second-order valence-electron chi connectivity index (χ2n) is 13.2. The van der Waals surface area contributed by atoms with Crippen LogP contribution in [0.5, 0.6) is 0 Å². The van der Waals surface area contributed by atoms with E-state index in [9.17, 15) is 15.0 Å². The van der Waals surface area contributed by atoms with Crippen molar-refractivity contribution >= 4 is 5.78 Å². The molecule has 0 heterocycles. The lowest BCUT2D eigenvalue weighted by Gasteiger charge is -2.29. The molecular weight excluding hydrogens is 512 g/mol. The van der Waals surface area contributed by atoms with Gasteiger partial charge >= 0.3 is 0 Å². The summed E-state index contributed by atoms with van der Waals surface area (Å²) < 4.78 is 10.7. The third kappa shape index (κ3) is 31.3. The van der Waals surface area contributed by atoms with Crippen LogP contribution in [-0.4, -0.2) is 40.6 Å². The number of ketones is 1. The van der Waals surface area contributed by atoms with Crippen molar-refractivity contribution in [1.82, 2.24) is 0 Å². The Kier molecular flexibility index (Phi) is 26.9. The molecule has 0 bridgehead atoms. The van der Waals surface area contributed by atoms with Crippen LogP contribution < -0.4 is 0 Å². The zero-order valence-corrected chi connectivity index (χ0v) is 29.3. The number of unbranched alkanes of at least 4 members (excludes halogenated alkanes) is 1. The molecule has 0 aromatic carbocycles. The number of carbonyl (C=O) groups is 1. The molecule has 0 spiro atoms. The van der Waals surface area contributed by atoms with E-state index in [-0.39, 0.29) is 0 Å². The molecule has 0 aliphatic carbocycles. The van der Waals surface area contributed by atoms with E-state index in [4.69, 9.17) is 9.47 Å². The first-order valence-corrected chi connectivity index (χ1v) is 16.1. The molecule has 5 nitrogen and oxygen atoms in total. The lowest BCUT2D eigenvalue weighted by Crippen LogP contribution is -2.31. The molecule has 2 N–H and O–H groups in total. The van der Waals surface area contributed by atoms with Gasteiger partial charge in [-0.05, 0) is 84.1 Å². The lowest BCUT2D eigenvalue weighted by atomic mass is 9.82. The largest absolute Gasteiger partial charge is 0.504 e. The number of aliphatic hydroxyl groups is 2. The van der Waals surface area contributed by atoms with Crippen molar-refractivity contribution < 1.29 is 24.5 Å². The van der Waals surface area contributed by atoms with Gasteiger partial charge in [0.05, 0.1) is 24.6 Å². The molecule has 0 aliphatic heterocycles. The van der Waals surface area contributed by atoms with Gasteiger partial charge in [0.1, 0.15) is 5.78 Å². The van der Waals surface area contributed by atoms with E-state index in [0.717, 1.165) is 51.4 Å². The summed E-state index contributed by atoms with van der Waals surface area (Å²) in [5.74, 6) is 0.951. The Bertz CT molecular complexity index is 697. The first-order valence-electron chi connectivity index (χ1n) is 16.1. The molecule has 2 atom stereocenters. The second kappa shape index (κ2) is 25.1. The van der Waals surface area contributed by atoms with E-state index in [1.165, 1.54) is 31.9 Å². The zero-order valence-electron chi connectivity index (χ0n) is 29.3. The van der Waals surface area contributed by atoms with Crippen LogP contribution >= 0.6 is 0 Å². The van der Waals surface area contributed by atoms with Crippen LogP contribution in [0.25, 0.3) is 0 Å². The van der Waals surface area contributed by atoms with Crippen molar-refractivity contribution in [2.24, 2.45) is 11.3 Å². The van der Waals surface area contributed by atoms with Crippen LogP contribution in [0.2, 0.25) is 0 Å². The average molecular weight is 583 g/mol. The van der Waals surface area contributed by atoms with Gasteiger partial charge in [-0.25, -0.2) is 0 Å². The minimum Gasteiger partial charge on any atom is -0.504 e. The molecule has 0 aromatic heterocycles. The quantitative estimate of drug-likeness (QED) is 0.0800. The second-order valence-corrected chi connectivity index (χ2v) is 13.2. The van der Waals surface area contributed by atoms with Crippen LogP contribution in [0.3, 0.4) is 0 Å². The summed E-state index contributed by atoms with van der Waals surface area (Å²) in [5, 5.41) is 20.1. The molecule has 0 saturated heterocycles. The molecular formula is C36H70O5. The number of rotatable bonds is 21. The monoisotopic (exact) mass is 583 g/mol. The third-order valence-corrected chi connectivity index (χ3v) is 7.01. The average Bonchev–Trinajstić information content (AvgIpc) is 2.85. The Balaban J connectivity index is -0.000000806. The highest BCUT2D eigenvalue weighted by Crippen LogP contribution is 2.29. The Hall–Kier alpha value is -1.43. The summed E-state index contributed by atoms with van der Waals surface area (Å²) in [5.41, 5.74) is 0.0528. The van der Waals surface area contributed by atoms with Crippen LogP contribution in [-0.2, 0) is 14.3 Å². The Morgan fingerprint density at radius 3 is 1.93 bits per heavy atom. The molecule has 0 amide bonds. The summed E-state index contributed by atoms with van der Waals surface area (Å²) in [7, 11) is 1.57. The van der Waals surface area contributed by atoms with Crippen LogP contribution in [0, 0.1) is 11.3 Å². The normalized spacial score (nSPS) is 14.0. The molecule has 0 radical (unpaired) electrons. The van der Waals surface area contributed by atoms with Crippen LogP contribution in [0.1, 0.15) is 153 Å². The van der Waals surface area contributed by atoms with E-state index < -0.39 is 17.5 Å². The number of hydrogen-bond acceptors (Lipinski definition) is 5. The predicted molar refractivity (Wildman–Crippen MR) is 178 cm³/mol. The van der Waals surface area contributed by atoms with Gasteiger partial charge < -0.3 is 24.5 Å². The van der Waals surface area contributed by atoms with Crippen molar-refractivity contribution in [2.45, 2.75) is 171 Å². The highest BCUT2D eigenvalue weighted by molar-refractivity contribution is 5.75. The number of Topliss-reactive ketones (excluding diaryl/α,β-unsaturated/α-hetero) is 1. The van der Waals surface area contributed by atoms with Gasteiger partial charge in [-0.3, -0.25) is 0 Å². The van der Waals surface area contributed by atoms with Gasteiger partial charge in [-0.2, -0.15) is 0 Å². The number of methoxy groups -OCH3 is 1. The molecule has 5 heteroatoms. The van der Waals surface area contributed by atoms with E-state index in [1.807, 2.05) is 41.5 Å². The highest BCUT2D eigenvalue weighted by Gasteiger charge is 2.24. The summed E-state index contributed by atoms with van der Waals surface area (Å²) in [6.45, 7) is 26.2. The maximum Gasteiger partial charge on any atom is 0.181 e. The molecule has 0 fully saturated rings. The van der Waals surface area contributed by atoms with Crippen molar-refractivity contribution in [2.75, 3.05) is 7.11 Å². The van der Waals surface area contributed by atoms with Gasteiger partial charge in [-0.15, -0.1) is 0 Å². The van der Waals surface area contributed by atoms with Gasteiger partial charge in [-0.1, -0.05) is 98.8 Å². The maximum absolute atomic E-state index is 10.7. The predicted octanol–water partition coefficient (Wildman–Crippen LogP) is 10.1. The molecule has 0 aliphatic rings. The molecule has 41 heavy (non-hydrogen) atoms. The fourth-order valence-corrected chi connectivity index (χ4v) is 4.41. The topological polar surface area (TPSA) is 76.0 Å². The van der Waals surface area contributed by atoms with Crippen molar-refractivity contribution in [3.8, 4) is 0 Å². The summed E-state index contributed by atoms with van der Waals surface area (Å²) in [6.07, 6.45) is 18.5. The fraction of sp³-hybridized carbons (Fsp3) is 0.806. The van der Waals surface area contributed by atoms with E-state index in [1.54, 1.807) is 32.3 Å². The first-order chi connectivity index (χ1) is 19.0. The molecule has 1 unspecified atom stereocenters. The number of ether oxygens (including phenoxy) is 2. The molecule has 0 rings (SSSR count). The van der Waals surface area contributed by atoms with Gasteiger partial charge in [0, 0.05) is 12.0 Å². The summed E-state index contributed by atoms with van der Waals surface area (Å²) >= 11 is 0. The Morgan fingerprint density at radius 1 is 0.927 bits per heavy atom. The van der Waals surface area contributed by atoms with Crippen molar-refractivity contribution in [3.05, 3.63) is 36.6 Å². The minimum atomic E-state index is -1.01. The molecule has 0 saturated carbocycles. The third-order valence-electron chi connectivity index (χ3n) is 7.01. The smallest absolute Gasteiger partial charge is 0.181 e. The molecule has 244 valence electrons. The fourth-order valence-electron chi connectivity index (χ4n) is 4.41. The SMILES string of the molecule is C=C/C(=C\C=C\OC)C(O)OC(C)(C)CCC[C@@H](C)CCCC(C)(C)O.CC.CCCCC(C)(C)CCCC(C)=O. The van der Waals surface area contributed by atoms with E-state index in [2.05, 4.69) is 34.3 Å². The van der Waals surface area contributed by atoms with Crippen LogP contribution in [0.4, 0.5) is 0 Å². The number of carbonyl (C=O) groups excluding carboxylic acids is 1. The highest BCUT2D eigenvalue weighted by atomic mass is 16.6. The minimum absolute atomic E-state index is 0.325. The van der Waals surface area contributed by atoms with Crippen molar-refractivity contribution in [1.29, 1.82) is 0 Å². The van der Waals surface area contributed by atoms with Gasteiger partial charge in [0.15, 0.2) is 6.29 Å². The van der Waals surface area contributed by atoms with E-state index >= 15 is 0 Å². The number of allylic oxidation sites excluding steroid dienone is 2.